The van der Waals surface area contributed by atoms with Crippen molar-refractivity contribution in [1.29, 1.82) is 0 Å². The molecule has 0 unspecified atom stereocenters. The fourth-order valence-electron chi connectivity index (χ4n) is 3.28. The predicted molar refractivity (Wildman–Crippen MR) is 83.0 cm³/mol. The number of nitrogens with one attached hydrogen (secondary N) is 1. The number of anilines is 1. The van der Waals surface area contributed by atoms with Gasteiger partial charge in [0.1, 0.15) is 5.82 Å². The summed E-state index contributed by atoms with van der Waals surface area (Å²) in [7, 11) is -3.15. The van der Waals surface area contributed by atoms with Crippen LogP contribution in [0, 0.1) is 0 Å². The second kappa shape index (κ2) is 6.10. The highest BCUT2D eigenvalue weighted by Gasteiger charge is 2.45. The first kappa shape index (κ1) is 15.6. The fraction of sp³-hybridized carbons (Fsp3) is 0.714. The summed E-state index contributed by atoms with van der Waals surface area (Å²) in [5, 5.41) is 3.31. The van der Waals surface area contributed by atoms with Gasteiger partial charge in [-0.25, -0.2) is 13.4 Å². The molecule has 122 valence electrons. The summed E-state index contributed by atoms with van der Waals surface area (Å²) in [4.78, 5) is 8.24. The smallest absolute Gasteiger partial charge is 0.213 e. The van der Waals surface area contributed by atoms with E-state index in [-0.39, 0.29) is 17.4 Å². The second-order valence-corrected chi connectivity index (χ2v) is 8.23. The van der Waals surface area contributed by atoms with Gasteiger partial charge in [-0.2, -0.15) is 4.31 Å². The van der Waals surface area contributed by atoms with E-state index in [1.54, 1.807) is 29.8 Å². The summed E-state index contributed by atoms with van der Waals surface area (Å²) in [6, 6.07) is 0.140. The van der Waals surface area contributed by atoms with E-state index < -0.39 is 10.0 Å². The van der Waals surface area contributed by atoms with Gasteiger partial charge in [0.15, 0.2) is 0 Å². The van der Waals surface area contributed by atoms with Crippen LogP contribution >= 0.6 is 0 Å². The number of nitrogens with zero attached hydrogens (tertiary/aromatic N) is 3. The monoisotopic (exact) mass is 326 g/mol. The van der Waals surface area contributed by atoms with E-state index in [0.717, 1.165) is 25.1 Å². The minimum absolute atomic E-state index is 0.140. The number of ether oxygens (including phenoxy) is 1. The lowest BCUT2D eigenvalue weighted by molar-refractivity contribution is -0.0329. The van der Waals surface area contributed by atoms with E-state index in [1.165, 1.54) is 0 Å². The molecule has 2 saturated heterocycles. The van der Waals surface area contributed by atoms with Crippen LogP contribution in [-0.2, 0) is 14.8 Å². The molecular weight excluding hydrogens is 304 g/mol. The van der Waals surface area contributed by atoms with Gasteiger partial charge in [0.05, 0.1) is 30.2 Å². The molecule has 2 fully saturated rings. The largest absolute Gasteiger partial charge is 0.371 e. The maximum atomic E-state index is 12.1. The van der Waals surface area contributed by atoms with Crippen molar-refractivity contribution in [2.45, 2.75) is 37.8 Å². The van der Waals surface area contributed by atoms with Gasteiger partial charge in [0.25, 0.3) is 0 Å². The highest BCUT2D eigenvalue weighted by molar-refractivity contribution is 7.89. The number of piperidine rings is 1. The van der Waals surface area contributed by atoms with Gasteiger partial charge in [0, 0.05) is 31.9 Å². The maximum absolute atomic E-state index is 12.1. The van der Waals surface area contributed by atoms with Crippen molar-refractivity contribution < 1.29 is 13.2 Å². The molecule has 3 rings (SSSR count). The summed E-state index contributed by atoms with van der Waals surface area (Å²) >= 11 is 0. The second-order valence-electron chi connectivity index (χ2n) is 5.97. The number of rotatable bonds is 4. The van der Waals surface area contributed by atoms with Gasteiger partial charge in [-0.1, -0.05) is 0 Å². The van der Waals surface area contributed by atoms with Gasteiger partial charge in [-0.05, 0) is 19.8 Å². The highest BCUT2D eigenvalue weighted by Crippen LogP contribution is 2.36. The van der Waals surface area contributed by atoms with E-state index in [4.69, 9.17) is 4.74 Å². The zero-order chi connectivity index (χ0) is 15.6. The van der Waals surface area contributed by atoms with Crippen molar-refractivity contribution in [2.75, 3.05) is 30.8 Å². The maximum Gasteiger partial charge on any atom is 0.213 e. The summed E-state index contributed by atoms with van der Waals surface area (Å²) in [5.74, 6) is 0.867. The topological polar surface area (TPSA) is 84.4 Å². The fourth-order valence-corrected chi connectivity index (χ4v) is 4.49. The first-order valence-electron chi connectivity index (χ1n) is 7.67. The van der Waals surface area contributed by atoms with E-state index in [2.05, 4.69) is 15.3 Å². The van der Waals surface area contributed by atoms with Crippen molar-refractivity contribution in [3.05, 3.63) is 18.6 Å². The molecule has 1 spiro atoms. The molecule has 0 amide bonds. The molecular formula is C14H22N4O3S. The Bertz CT molecular complexity index is 610. The van der Waals surface area contributed by atoms with Gasteiger partial charge in [0.2, 0.25) is 10.0 Å². The third kappa shape index (κ3) is 3.23. The molecule has 7 nitrogen and oxygen atoms in total. The van der Waals surface area contributed by atoms with Gasteiger partial charge < -0.3 is 10.1 Å². The third-order valence-corrected chi connectivity index (χ3v) is 6.21. The minimum atomic E-state index is -3.15. The van der Waals surface area contributed by atoms with Crippen LogP contribution in [0.5, 0.6) is 0 Å². The van der Waals surface area contributed by atoms with Crippen LogP contribution in [-0.4, -0.2) is 59.8 Å². The van der Waals surface area contributed by atoms with Crippen molar-refractivity contribution in [1.82, 2.24) is 14.3 Å². The molecule has 22 heavy (non-hydrogen) atoms. The van der Waals surface area contributed by atoms with Crippen molar-refractivity contribution in [3.8, 4) is 0 Å². The molecule has 0 aliphatic carbocycles. The van der Waals surface area contributed by atoms with Crippen LogP contribution in [0.1, 0.15) is 26.2 Å². The Hall–Kier alpha value is -1.25. The van der Waals surface area contributed by atoms with Crippen molar-refractivity contribution >= 4 is 15.8 Å². The Morgan fingerprint density at radius 3 is 3.09 bits per heavy atom. The lowest BCUT2D eigenvalue weighted by Gasteiger charge is -2.38. The summed E-state index contributed by atoms with van der Waals surface area (Å²) < 4.78 is 31.8. The Labute approximate surface area is 131 Å². The molecule has 1 N–H and O–H groups in total. The first-order chi connectivity index (χ1) is 10.5. The lowest BCUT2D eigenvalue weighted by atomic mass is 9.90. The number of aromatic nitrogens is 2. The predicted octanol–water partition coefficient (Wildman–Crippen LogP) is 0.862. The zero-order valence-electron chi connectivity index (χ0n) is 12.7. The SMILES string of the molecule is CCS(=O)(=O)N1CCC[C@@]2(C[C@H](Nc3cnccn3)CO2)C1. The van der Waals surface area contributed by atoms with E-state index in [0.29, 0.717) is 19.7 Å². The average molecular weight is 326 g/mol. The first-order valence-corrected chi connectivity index (χ1v) is 9.28. The highest BCUT2D eigenvalue weighted by atomic mass is 32.2. The number of sulfonamides is 1. The van der Waals surface area contributed by atoms with Gasteiger partial charge >= 0.3 is 0 Å². The molecule has 1 aromatic heterocycles. The van der Waals surface area contributed by atoms with Crippen LogP contribution in [0.4, 0.5) is 5.82 Å². The Kier molecular flexibility index (Phi) is 4.33. The van der Waals surface area contributed by atoms with E-state index >= 15 is 0 Å². The van der Waals surface area contributed by atoms with Crippen LogP contribution in [0.25, 0.3) is 0 Å². The molecule has 1 aromatic rings. The molecule has 0 saturated carbocycles. The Morgan fingerprint density at radius 1 is 1.50 bits per heavy atom. The van der Waals surface area contributed by atoms with E-state index in [9.17, 15) is 8.42 Å². The summed E-state index contributed by atoms with van der Waals surface area (Å²) in [6.07, 6.45) is 7.49. The van der Waals surface area contributed by atoms with Crippen LogP contribution in [0.2, 0.25) is 0 Å². The molecule has 0 bridgehead atoms. The van der Waals surface area contributed by atoms with Crippen LogP contribution < -0.4 is 5.32 Å². The zero-order valence-corrected chi connectivity index (χ0v) is 13.6. The number of hydrogen-bond acceptors (Lipinski definition) is 6. The quantitative estimate of drug-likeness (QED) is 0.883. The minimum Gasteiger partial charge on any atom is -0.371 e. The van der Waals surface area contributed by atoms with E-state index in [1.807, 2.05) is 0 Å². The van der Waals surface area contributed by atoms with Crippen LogP contribution in [0.3, 0.4) is 0 Å². The normalized spacial score (nSPS) is 29.8. The van der Waals surface area contributed by atoms with Crippen LogP contribution in [0.15, 0.2) is 18.6 Å². The molecule has 3 heterocycles. The molecule has 2 aliphatic rings. The molecule has 8 heteroatoms. The van der Waals surface area contributed by atoms with Gasteiger partial charge in [-0.15, -0.1) is 0 Å². The van der Waals surface area contributed by atoms with Crippen molar-refractivity contribution in [2.24, 2.45) is 0 Å². The standard InChI is InChI=1S/C14H22N4O3S/c1-2-22(19,20)18-7-3-4-14(11-18)8-12(10-21-14)17-13-9-15-5-6-16-13/h5-6,9,12H,2-4,7-8,10-11H2,1H3,(H,16,17)/t12-,14+/m0/s1. The van der Waals surface area contributed by atoms with Gasteiger partial charge in [-0.3, -0.25) is 4.98 Å². The average Bonchev–Trinajstić information content (AvgIpc) is 2.90. The number of hydrogen-bond donors (Lipinski definition) is 1. The van der Waals surface area contributed by atoms with Crippen molar-refractivity contribution in [3.63, 3.8) is 0 Å². The molecule has 0 aromatic carbocycles. The third-order valence-electron chi connectivity index (χ3n) is 4.39. The summed E-state index contributed by atoms with van der Waals surface area (Å²) in [6.45, 7) is 3.31. The Balaban J connectivity index is 1.65. The Morgan fingerprint density at radius 2 is 2.36 bits per heavy atom. The lowest BCUT2D eigenvalue weighted by Crippen LogP contribution is -2.50. The molecule has 0 radical (unpaired) electrons. The summed E-state index contributed by atoms with van der Waals surface area (Å²) in [5.41, 5.74) is -0.361. The molecule has 2 aliphatic heterocycles. The molecule has 2 atom stereocenters.